The summed E-state index contributed by atoms with van der Waals surface area (Å²) in [7, 11) is 1.31. The van der Waals surface area contributed by atoms with Crippen molar-refractivity contribution in [2.75, 3.05) is 25.2 Å². The maximum absolute atomic E-state index is 13.7. The number of rotatable bonds is 7. The van der Waals surface area contributed by atoms with Gasteiger partial charge < -0.3 is 24.6 Å². The molecule has 9 heteroatoms. The molecule has 0 fully saturated rings. The Labute approximate surface area is 217 Å². The van der Waals surface area contributed by atoms with E-state index in [1.165, 1.54) is 7.11 Å². The zero-order valence-electron chi connectivity index (χ0n) is 21.4. The first-order chi connectivity index (χ1) is 17.2. The number of ether oxygens (including phenoxy) is 2. The van der Waals surface area contributed by atoms with Gasteiger partial charge in [0.05, 0.1) is 24.3 Å². The van der Waals surface area contributed by atoms with Crippen LogP contribution in [0.4, 0.5) is 10.5 Å². The van der Waals surface area contributed by atoms with Crippen LogP contribution in [-0.2, 0) is 16.1 Å². The van der Waals surface area contributed by atoms with E-state index in [0.29, 0.717) is 35.1 Å². The summed E-state index contributed by atoms with van der Waals surface area (Å²) in [6.07, 6.45) is 0.456. The molecular weight excluding hydrogens is 482 g/mol. The fraction of sp³-hybridized carbons (Fsp3) is 0.444. The number of para-hydroxylation sites is 1. The van der Waals surface area contributed by atoms with Crippen molar-refractivity contribution >= 4 is 35.2 Å². The van der Waals surface area contributed by atoms with Crippen LogP contribution in [0.5, 0.6) is 5.75 Å². The molecule has 2 atom stereocenters. The van der Waals surface area contributed by atoms with Crippen molar-refractivity contribution in [1.29, 1.82) is 0 Å². The lowest BCUT2D eigenvalue weighted by Crippen LogP contribution is -2.52. The minimum absolute atomic E-state index is 0.184. The molecule has 0 saturated heterocycles. The molecule has 1 aliphatic rings. The molecule has 1 N–H and O–H groups in total. The molecule has 3 rings (SSSR count). The second-order valence-corrected chi connectivity index (χ2v) is 9.66. The van der Waals surface area contributed by atoms with Crippen molar-refractivity contribution in [3.05, 3.63) is 58.6 Å². The molecule has 0 radical (unpaired) electrons. The molecule has 0 aliphatic carbocycles. The van der Waals surface area contributed by atoms with Gasteiger partial charge in [0.25, 0.3) is 5.91 Å². The van der Waals surface area contributed by atoms with Crippen molar-refractivity contribution in [3.8, 4) is 5.75 Å². The minimum atomic E-state index is -0.756. The number of anilines is 1. The van der Waals surface area contributed by atoms with Crippen molar-refractivity contribution < 1.29 is 23.9 Å². The molecule has 1 aliphatic heterocycles. The number of hydrogen-bond acceptors (Lipinski definition) is 5. The van der Waals surface area contributed by atoms with Crippen LogP contribution in [-0.4, -0.2) is 55.2 Å². The van der Waals surface area contributed by atoms with Crippen molar-refractivity contribution in [2.45, 2.75) is 52.7 Å². The standard InChI is InChI=1S/C27H34ClN3O5/c1-6-36-20-11-12-21(22(28)14-20)25(32)31-15-18(4)30(16-19-9-7-8-10-24(19)31)27(34)29-23(13-17(2)3)26(33)35-5/h7-12,14,17-18,23H,6,13,15-16H2,1-5H3,(H,29,34)/t18-,23+/m1/s1. The number of amides is 3. The molecule has 0 unspecified atom stereocenters. The van der Waals surface area contributed by atoms with E-state index in [1.54, 1.807) is 28.0 Å². The van der Waals surface area contributed by atoms with E-state index >= 15 is 0 Å². The van der Waals surface area contributed by atoms with Gasteiger partial charge in [-0.3, -0.25) is 4.79 Å². The fourth-order valence-electron chi connectivity index (χ4n) is 4.30. The molecule has 0 saturated carbocycles. The van der Waals surface area contributed by atoms with Crippen LogP contribution < -0.4 is 15.0 Å². The van der Waals surface area contributed by atoms with Gasteiger partial charge in [0.2, 0.25) is 0 Å². The SMILES string of the molecule is CCOc1ccc(C(=O)N2C[C@@H](C)N(C(=O)N[C@@H](CC(C)C)C(=O)OC)Cc3ccccc32)c(Cl)c1. The fourth-order valence-corrected chi connectivity index (χ4v) is 4.55. The summed E-state index contributed by atoms with van der Waals surface area (Å²) in [5.74, 6) is 0.0236. The van der Waals surface area contributed by atoms with E-state index in [-0.39, 0.29) is 37.0 Å². The number of halogens is 1. The van der Waals surface area contributed by atoms with E-state index in [2.05, 4.69) is 5.32 Å². The quantitative estimate of drug-likeness (QED) is 0.530. The summed E-state index contributed by atoms with van der Waals surface area (Å²) >= 11 is 6.46. The molecule has 2 aromatic carbocycles. The van der Waals surface area contributed by atoms with Crippen LogP contribution in [0.1, 0.15) is 50.0 Å². The number of hydrogen-bond donors (Lipinski definition) is 1. The predicted molar refractivity (Wildman–Crippen MR) is 140 cm³/mol. The Morgan fingerprint density at radius 1 is 1.17 bits per heavy atom. The highest BCUT2D eigenvalue weighted by Gasteiger charge is 2.34. The lowest BCUT2D eigenvalue weighted by Gasteiger charge is -2.31. The third-order valence-electron chi connectivity index (χ3n) is 6.08. The zero-order valence-corrected chi connectivity index (χ0v) is 22.2. The van der Waals surface area contributed by atoms with E-state index in [0.717, 1.165) is 5.56 Å². The number of carbonyl (C=O) groups excluding carboxylic acids is 3. The average molecular weight is 516 g/mol. The van der Waals surface area contributed by atoms with Gasteiger partial charge in [-0.1, -0.05) is 43.6 Å². The summed E-state index contributed by atoms with van der Waals surface area (Å²) in [5.41, 5.74) is 1.87. The normalized spacial score (nSPS) is 16.1. The van der Waals surface area contributed by atoms with E-state index < -0.39 is 12.0 Å². The van der Waals surface area contributed by atoms with Gasteiger partial charge in [-0.25, -0.2) is 9.59 Å². The molecule has 0 spiro atoms. The Bertz CT molecular complexity index is 1110. The van der Waals surface area contributed by atoms with E-state index in [4.69, 9.17) is 21.1 Å². The average Bonchev–Trinajstić information content (AvgIpc) is 2.99. The summed E-state index contributed by atoms with van der Waals surface area (Å²) < 4.78 is 10.4. The van der Waals surface area contributed by atoms with Crippen LogP contribution >= 0.6 is 11.6 Å². The number of methoxy groups -OCH3 is 1. The second kappa shape index (κ2) is 12.1. The van der Waals surface area contributed by atoms with Gasteiger partial charge in [0, 0.05) is 24.8 Å². The molecule has 36 heavy (non-hydrogen) atoms. The summed E-state index contributed by atoms with van der Waals surface area (Å²) in [5, 5.41) is 3.13. The third kappa shape index (κ3) is 6.29. The number of fused-ring (bicyclic) bond motifs is 1. The van der Waals surface area contributed by atoms with Gasteiger partial charge in [0.1, 0.15) is 11.8 Å². The molecule has 2 aromatic rings. The molecule has 0 bridgehead atoms. The second-order valence-electron chi connectivity index (χ2n) is 9.25. The van der Waals surface area contributed by atoms with Crippen LogP contribution in [0.25, 0.3) is 0 Å². The summed E-state index contributed by atoms with van der Waals surface area (Å²) in [6.45, 7) is 8.72. The molecule has 0 aromatic heterocycles. The Balaban J connectivity index is 1.90. The van der Waals surface area contributed by atoms with Gasteiger partial charge in [0.15, 0.2) is 0 Å². The van der Waals surface area contributed by atoms with Crippen LogP contribution in [0, 0.1) is 5.92 Å². The van der Waals surface area contributed by atoms with Crippen molar-refractivity contribution in [2.24, 2.45) is 5.92 Å². The highest BCUT2D eigenvalue weighted by atomic mass is 35.5. The number of nitrogens with zero attached hydrogens (tertiary/aromatic N) is 2. The molecule has 3 amide bonds. The topological polar surface area (TPSA) is 88.2 Å². The minimum Gasteiger partial charge on any atom is -0.494 e. The smallest absolute Gasteiger partial charge is 0.328 e. The summed E-state index contributed by atoms with van der Waals surface area (Å²) in [6, 6.07) is 11.0. The van der Waals surface area contributed by atoms with Crippen LogP contribution in [0.15, 0.2) is 42.5 Å². The van der Waals surface area contributed by atoms with E-state index in [9.17, 15) is 14.4 Å². The first-order valence-electron chi connectivity index (χ1n) is 12.1. The molecular formula is C27H34ClN3O5. The zero-order chi connectivity index (χ0) is 26.4. The number of esters is 1. The Morgan fingerprint density at radius 2 is 1.89 bits per heavy atom. The van der Waals surface area contributed by atoms with Crippen LogP contribution in [0.2, 0.25) is 5.02 Å². The first kappa shape index (κ1) is 27.3. The van der Waals surface area contributed by atoms with Crippen molar-refractivity contribution in [3.63, 3.8) is 0 Å². The molecule has 8 nitrogen and oxygen atoms in total. The lowest BCUT2D eigenvalue weighted by molar-refractivity contribution is -0.143. The number of benzene rings is 2. The van der Waals surface area contributed by atoms with Gasteiger partial charge in [-0.2, -0.15) is 0 Å². The maximum atomic E-state index is 13.7. The Kier molecular flexibility index (Phi) is 9.20. The molecule has 194 valence electrons. The monoisotopic (exact) mass is 515 g/mol. The van der Waals surface area contributed by atoms with Gasteiger partial charge in [-0.15, -0.1) is 0 Å². The number of nitrogens with one attached hydrogen (secondary N) is 1. The highest BCUT2D eigenvalue weighted by molar-refractivity contribution is 6.34. The van der Waals surface area contributed by atoms with Gasteiger partial charge in [-0.05, 0) is 56.0 Å². The number of carbonyl (C=O) groups is 3. The maximum Gasteiger partial charge on any atom is 0.328 e. The van der Waals surface area contributed by atoms with Gasteiger partial charge >= 0.3 is 12.0 Å². The highest BCUT2D eigenvalue weighted by Crippen LogP contribution is 2.31. The first-order valence-corrected chi connectivity index (χ1v) is 12.5. The van der Waals surface area contributed by atoms with Crippen molar-refractivity contribution in [1.82, 2.24) is 10.2 Å². The predicted octanol–water partition coefficient (Wildman–Crippen LogP) is 4.89. The number of urea groups is 1. The summed E-state index contributed by atoms with van der Waals surface area (Å²) in [4.78, 5) is 42.6. The lowest BCUT2D eigenvalue weighted by atomic mass is 10.0. The van der Waals surface area contributed by atoms with Crippen LogP contribution in [0.3, 0.4) is 0 Å². The molecule has 1 heterocycles. The largest absolute Gasteiger partial charge is 0.494 e. The Hall–Kier alpha value is -3.26. The third-order valence-corrected chi connectivity index (χ3v) is 6.39. The Morgan fingerprint density at radius 3 is 2.53 bits per heavy atom. The van der Waals surface area contributed by atoms with E-state index in [1.807, 2.05) is 52.0 Å².